The minimum absolute atomic E-state index is 0.00160. The molecule has 2 aliphatic heterocycles. The van der Waals surface area contributed by atoms with E-state index in [9.17, 15) is 44.3 Å². The van der Waals surface area contributed by atoms with Crippen molar-refractivity contribution in [1.29, 1.82) is 0 Å². The molecule has 2 aromatic carbocycles. The van der Waals surface area contributed by atoms with Crippen LogP contribution in [0.5, 0.6) is 0 Å². The Kier molecular flexibility index (Phi) is 6.00. The van der Waals surface area contributed by atoms with Crippen LogP contribution in [-0.2, 0) is 33.3 Å². The predicted octanol–water partition coefficient (Wildman–Crippen LogP) is 6.72. The van der Waals surface area contributed by atoms with E-state index in [0.717, 1.165) is 12.8 Å². The Labute approximate surface area is 214 Å². The van der Waals surface area contributed by atoms with Gasteiger partial charge in [-0.15, -0.1) is 0 Å². The van der Waals surface area contributed by atoms with E-state index >= 15 is 4.39 Å². The molecule has 1 unspecified atom stereocenters. The molecule has 2 aromatic rings. The molecule has 1 saturated carbocycles. The Morgan fingerprint density at radius 3 is 1.85 bits per heavy atom. The maximum Gasteiger partial charge on any atom is 0.435 e. The van der Waals surface area contributed by atoms with Crippen LogP contribution in [0.2, 0.25) is 0 Å². The normalized spacial score (nSPS) is 23.2. The summed E-state index contributed by atoms with van der Waals surface area (Å²) in [6.07, 6.45) is -15.9. The first-order valence-electron chi connectivity index (χ1n) is 11.6. The van der Waals surface area contributed by atoms with Crippen LogP contribution >= 0.6 is 0 Å². The van der Waals surface area contributed by atoms with Gasteiger partial charge in [0.25, 0.3) is 5.60 Å². The molecule has 210 valence electrons. The highest BCUT2D eigenvalue weighted by Gasteiger charge is 2.63. The highest BCUT2D eigenvalue weighted by Crippen LogP contribution is 2.51. The standard InChI is InChI=1S/C25H18F10N2O2/c26-21(11-37(12-21)20(38)14-1-2-14)15-5-3-13(4-6-15)19-10-22(39-36-19,25(33,34)35)16-7-17(23(27,28)29)9-18(8-16)24(30,31)32/h3-9,14H,1-2,10-12H2. The molecule has 0 N–H and O–H groups in total. The maximum absolute atomic E-state index is 15.2. The first kappa shape index (κ1) is 27.3. The number of carbonyl (C=O) groups excluding carboxylic acids is 1. The van der Waals surface area contributed by atoms with Gasteiger partial charge in [0.1, 0.15) is 0 Å². The summed E-state index contributed by atoms with van der Waals surface area (Å²) in [7, 11) is 0. The van der Waals surface area contributed by atoms with Crippen LogP contribution in [0.25, 0.3) is 0 Å². The van der Waals surface area contributed by atoms with Crippen LogP contribution in [0.1, 0.15) is 47.1 Å². The number of benzene rings is 2. The zero-order chi connectivity index (χ0) is 28.6. The number of halogens is 10. The molecule has 14 heteroatoms. The first-order chi connectivity index (χ1) is 17.9. The Balaban J connectivity index is 1.42. The molecule has 39 heavy (non-hydrogen) atoms. The Morgan fingerprint density at radius 2 is 1.38 bits per heavy atom. The van der Waals surface area contributed by atoms with E-state index < -0.39 is 58.6 Å². The molecule has 0 bridgehead atoms. The number of hydrogen-bond donors (Lipinski definition) is 0. The summed E-state index contributed by atoms with van der Waals surface area (Å²) in [4.78, 5) is 18.0. The summed E-state index contributed by atoms with van der Waals surface area (Å²) in [5.74, 6) is -0.223. The van der Waals surface area contributed by atoms with Crippen molar-refractivity contribution < 1.29 is 53.5 Å². The number of hydrogen-bond acceptors (Lipinski definition) is 3. The Morgan fingerprint density at radius 1 is 0.846 bits per heavy atom. The molecule has 3 aliphatic rings. The van der Waals surface area contributed by atoms with Crippen molar-refractivity contribution >= 4 is 11.6 Å². The van der Waals surface area contributed by atoms with Crippen LogP contribution in [0.15, 0.2) is 47.6 Å². The number of carbonyl (C=O) groups is 1. The molecule has 1 amide bonds. The van der Waals surface area contributed by atoms with Gasteiger partial charge in [-0.25, -0.2) is 4.39 Å². The molecule has 4 nitrogen and oxygen atoms in total. The van der Waals surface area contributed by atoms with Crippen LogP contribution in [0, 0.1) is 5.92 Å². The second kappa shape index (κ2) is 8.59. The molecule has 1 atom stereocenters. The summed E-state index contributed by atoms with van der Waals surface area (Å²) >= 11 is 0. The second-order valence-corrected chi connectivity index (χ2v) is 9.94. The fourth-order valence-electron chi connectivity index (χ4n) is 4.69. The average Bonchev–Trinajstić information content (AvgIpc) is 3.57. The van der Waals surface area contributed by atoms with Crippen molar-refractivity contribution in [1.82, 2.24) is 4.90 Å². The number of likely N-dealkylation sites (tertiary alicyclic amines) is 1. The van der Waals surface area contributed by atoms with E-state index in [1.807, 2.05) is 0 Å². The predicted molar refractivity (Wildman–Crippen MR) is 115 cm³/mol. The molecule has 2 fully saturated rings. The minimum atomic E-state index is -5.46. The van der Waals surface area contributed by atoms with E-state index in [-0.39, 0.29) is 54.2 Å². The van der Waals surface area contributed by atoms with Gasteiger partial charge in [-0.05, 0) is 42.2 Å². The van der Waals surface area contributed by atoms with Gasteiger partial charge in [-0.1, -0.05) is 29.4 Å². The molecule has 5 rings (SSSR count). The summed E-state index contributed by atoms with van der Waals surface area (Å²) < 4.78 is 138. The van der Waals surface area contributed by atoms with E-state index in [0.29, 0.717) is 0 Å². The van der Waals surface area contributed by atoms with Gasteiger partial charge in [0.05, 0.1) is 29.9 Å². The molecular weight excluding hydrogens is 550 g/mol. The highest BCUT2D eigenvalue weighted by molar-refractivity contribution is 6.02. The molecule has 2 heterocycles. The van der Waals surface area contributed by atoms with Gasteiger partial charge in [0.15, 0.2) is 5.67 Å². The van der Waals surface area contributed by atoms with Crippen molar-refractivity contribution in [2.24, 2.45) is 11.1 Å². The third-order valence-corrected chi connectivity index (χ3v) is 7.10. The third kappa shape index (κ3) is 4.82. The van der Waals surface area contributed by atoms with E-state index in [1.54, 1.807) is 0 Å². The lowest BCUT2D eigenvalue weighted by Crippen LogP contribution is -2.59. The van der Waals surface area contributed by atoms with Gasteiger partial charge in [0.2, 0.25) is 5.91 Å². The fraction of sp³-hybridized carbons (Fsp3) is 0.440. The fourth-order valence-corrected chi connectivity index (χ4v) is 4.69. The lowest BCUT2D eigenvalue weighted by atomic mass is 9.83. The van der Waals surface area contributed by atoms with Gasteiger partial charge >= 0.3 is 18.5 Å². The number of amides is 1. The first-order valence-corrected chi connectivity index (χ1v) is 11.6. The highest BCUT2D eigenvalue weighted by atomic mass is 19.4. The number of oxime groups is 1. The van der Waals surface area contributed by atoms with Gasteiger partial charge in [0, 0.05) is 17.9 Å². The monoisotopic (exact) mass is 568 g/mol. The van der Waals surface area contributed by atoms with E-state index in [4.69, 9.17) is 0 Å². The van der Waals surface area contributed by atoms with Gasteiger partial charge in [-0.3, -0.25) is 4.79 Å². The molecule has 1 saturated heterocycles. The second-order valence-electron chi connectivity index (χ2n) is 9.94. The zero-order valence-corrected chi connectivity index (χ0v) is 19.6. The topological polar surface area (TPSA) is 41.9 Å². The van der Waals surface area contributed by atoms with Crippen molar-refractivity contribution in [2.45, 2.75) is 49.1 Å². The van der Waals surface area contributed by atoms with E-state index in [1.165, 1.54) is 29.2 Å². The third-order valence-electron chi connectivity index (χ3n) is 7.10. The lowest BCUT2D eigenvalue weighted by molar-refractivity contribution is -0.276. The number of rotatable bonds is 4. The molecule has 1 aliphatic carbocycles. The Hall–Kier alpha value is -3.32. The summed E-state index contributed by atoms with van der Waals surface area (Å²) in [6.45, 7) is -0.361. The zero-order valence-electron chi connectivity index (χ0n) is 19.6. The maximum atomic E-state index is 15.2. The molecule has 0 spiro atoms. The van der Waals surface area contributed by atoms with Crippen molar-refractivity contribution in [3.05, 3.63) is 70.3 Å². The van der Waals surface area contributed by atoms with Crippen molar-refractivity contribution in [3.63, 3.8) is 0 Å². The lowest BCUT2D eigenvalue weighted by Gasteiger charge is -2.45. The van der Waals surface area contributed by atoms with Crippen LogP contribution < -0.4 is 0 Å². The molecule has 0 aromatic heterocycles. The molecule has 0 radical (unpaired) electrons. The SMILES string of the molecule is O=C(C1CC1)N1CC(F)(c2ccc(C3=NOC(c4cc(C(F)(F)F)cc(C(F)(F)F)c4)(C(F)(F)F)C3)cc2)C1. The summed E-state index contributed by atoms with van der Waals surface area (Å²) in [5.41, 5.74) is -11.0. The summed E-state index contributed by atoms with van der Waals surface area (Å²) in [5, 5.41) is 3.36. The van der Waals surface area contributed by atoms with Gasteiger partial charge in [-0.2, -0.15) is 39.5 Å². The smallest absolute Gasteiger partial charge is 0.374 e. The largest absolute Gasteiger partial charge is 0.435 e. The summed E-state index contributed by atoms with van der Waals surface area (Å²) in [6, 6.07) is 4.64. The van der Waals surface area contributed by atoms with Crippen LogP contribution in [0.4, 0.5) is 43.9 Å². The van der Waals surface area contributed by atoms with Crippen molar-refractivity contribution in [2.75, 3.05) is 13.1 Å². The quantitative estimate of drug-likeness (QED) is 0.385. The van der Waals surface area contributed by atoms with Crippen LogP contribution in [0.3, 0.4) is 0 Å². The van der Waals surface area contributed by atoms with E-state index in [2.05, 4.69) is 9.99 Å². The van der Waals surface area contributed by atoms with Gasteiger partial charge < -0.3 is 9.74 Å². The molecular formula is C25H18F10N2O2. The Bertz CT molecular complexity index is 1290. The minimum Gasteiger partial charge on any atom is -0.374 e. The number of alkyl halides is 10. The number of nitrogens with zero attached hydrogens (tertiary/aromatic N) is 2. The average molecular weight is 568 g/mol. The van der Waals surface area contributed by atoms with Crippen LogP contribution in [-0.4, -0.2) is 35.8 Å². The van der Waals surface area contributed by atoms with Crippen molar-refractivity contribution in [3.8, 4) is 0 Å².